The average molecular weight is 330 g/mol. The van der Waals surface area contributed by atoms with E-state index in [1.165, 1.54) is 12.8 Å². The molecule has 2 aromatic rings. The minimum atomic E-state index is -0.140. The number of esters is 1. The van der Waals surface area contributed by atoms with E-state index in [0.717, 1.165) is 46.8 Å². The van der Waals surface area contributed by atoms with Crippen molar-refractivity contribution in [2.24, 2.45) is 35.5 Å². The summed E-state index contributed by atoms with van der Waals surface area (Å²) in [6, 6.07) is 14.0. The Balaban J connectivity index is 1.23. The number of ether oxygens (including phenoxy) is 1. The molecule has 0 aromatic heterocycles. The number of rotatable bonds is 2. The van der Waals surface area contributed by atoms with Crippen molar-refractivity contribution >= 4 is 16.7 Å². The molecule has 126 valence electrons. The highest BCUT2D eigenvalue weighted by Gasteiger charge is 2.61. The molecular formula is C23H22O2. The van der Waals surface area contributed by atoms with Gasteiger partial charge in [0.25, 0.3) is 0 Å². The quantitative estimate of drug-likeness (QED) is 0.447. The monoisotopic (exact) mass is 330 g/mol. The van der Waals surface area contributed by atoms with Gasteiger partial charge in [0.15, 0.2) is 0 Å². The van der Waals surface area contributed by atoms with Gasteiger partial charge in [-0.25, -0.2) is 4.79 Å². The molecule has 0 radical (unpaired) electrons. The molecule has 0 N–H and O–H groups in total. The molecule has 0 heterocycles. The molecule has 4 aliphatic carbocycles. The summed E-state index contributed by atoms with van der Waals surface area (Å²) in [6.45, 7) is 0. The SMILES string of the molecule is O=C(OC1CC2CC1C1C3C=CC(C3)C21)c1ccc2ccccc2c1. The number of fused-ring (bicyclic) bond motifs is 10. The second-order valence-corrected chi connectivity index (χ2v) is 8.50. The first-order valence-electron chi connectivity index (χ1n) is 9.66. The van der Waals surface area contributed by atoms with Gasteiger partial charge in [-0.3, -0.25) is 0 Å². The van der Waals surface area contributed by atoms with E-state index in [1.807, 2.05) is 30.3 Å². The zero-order chi connectivity index (χ0) is 16.5. The maximum Gasteiger partial charge on any atom is 0.338 e. The van der Waals surface area contributed by atoms with Gasteiger partial charge in [0.1, 0.15) is 6.10 Å². The second-order valence-electron chi connectivity index (χ2n) is 8.50. The first kappa shape index (κ1) is 14.1. The van der Waals surface area contributed by atoms with Crippen molar-refractivity contribution in [2.45, 2.75) is 25.4 Å². The zero-order valence-electron chi connectivity index (χ0n) is 14.2. The van der Waals surface area contributed by atoms with Crippen molar-refractivity contribution in [1.82, 2.24) is 0 Å². The summed E-state index contributed by atoms with van der Waals surface area (Å²) in [6.07, 6.45) is 8.76. The minimum Gasteiger partial charge on any atom is -0.458 e. The predicted molar refractivity (Wildman–Crippen MR) is 97.1 cm³/mol. The van der Waals surface area contributed by atoms with Gasteiger partial charge in [-0.05, 0) is 77.7 Å². The lowest BCUT2D eigenvalue weighted by Gasteiger charge is -2.36. The number of allylic oxidation sites excluding steroid dienone is 2. The standard InChI is InChI=1S/C23H22O2/c24-23(17-8-5-13-3-1-2-4-14(13)9-17)25-20-12-18-11-19(20)22-16-7-6-15(10-16)21(18)22/h1-9,15-16,18-22H,10-12H2. The minimum absolute atomic E-state index is 0.137. The van der Waals surface area contributed by atoms with Crippen LogP contribution in [-0.4, -0.2) is 12.1 Å². The topological polar surface area (TPSA) is 26.3 Å². The van der Waals surface area contributed by atoms with Crippen LogP contribution in [0, 0.1) is 35.5 Å². The highest BCUT2D eigenvalue weighted by molar-refractivity contribution is 5.95. The van der Waals surface area contributed by atoms with E-state index in [1.54, 1.807) is 0 Å². The summed E-state index contributed by atoms with van der Waals surface area (Å²) in [4.78, 5) is 12.7. The van der Waals surface area contributed by atoms with E-state index in [2.05, 4.69) is 24.3 Å². The average Bonchev–Trinajstić information content (AvgIpc) is 3.40. The second kappa shape index (κ2) is 4.97. The Morgan fingerprint density at radius 1 is 0.880 bits per heavy atom. The lowest BCUT2D eigenvalue weighted by molar-refractivity contribution is -0.00409. The Morgan fingerprint density at radius 2 is 1.68 bits per heavy atom. The normalized spacial score (nSPS) is 39.9. The van der Waals surface area contributed by atoms with Crippen molar-refractivity contribution in [3.63, 3.8) is 0 Å². The largest absolute Gasteiger partial charge is 0.458 e. The van der Waals surface area contributed by atoms with E-state index < -0.39 is 0 Å². The molecule has 25 heavy (non-hydrogen) atoms. The van der Waals surface area contributed by atoms with Crippen LogP contribution in [0.1, 0.15) is 29.6 Å². The smallest absolute Gasteiger partial charge is 0.338 e. The molecule has 2 aromatic carbocycles. The summed E-state index contributed by atoms with van der Waals surface area (Å²) in [5.41, 5.74) is 0.686. The molecule has 0 saturated heterocycles. The third-order valence-electron chi connectivity index (χ3n) is 7.45. The van der Waals surface area contributed by atoms with Crippen molar-refractivity contribution in [3.8, 4) is 0 Å². The van der Waals surface area contributed by atoms with E-state index >= 15 is 0 Å². The first-order valence-corrected chi connectivity index (χ1v) is 9.66. The van der Waals surface area contributed by atoms with Crippen LogP contribution in [0.15, 0.2) is 54.6 Å². The van der Waals surface area contributed by atoms with Gasteiger partial charge in [0.2, 0.25) is 0 Å². The van der Waals surface area contributed by atoms with Gasteiger partial charge in [0, 0.05) is 0 Å². The van der Waals surface area contributed by atoms with Crippen LogP contribution in [0.4, 0.5) is 0 Å². The van der Waals surface area contributed by atoms with Gasteiger partial charge < -0.3 is 4.74 Å². The first-order chi connectivity index (χ1) is 12.3. The summed E-state index contributed by atoms with van der Waals surface area (Å²) >= 11 is 0. The molecule has 7 unspecified atom stereocenters. The Labute approximate surface area is 147 Å². The third-order valence-corrected chi connectivity index (χ3v) is 7.45. The van der Waals surface area contributed by atoms with Crippen LogP contribution < -0.4 is 0 Å². The molecule has 6 rings (SSSR count). The molecule has 4 aliphatic rings. The highest BCUT2D eigenvalue weighted by atomic mass is 16.5. The van der Waals surface area contributed by atoms with Crippen LogP contribution in [-0.2, 0) is 4.74 Å². The van der Waals surface area contributed by atoms with Gasteiger partial charge in [-0.2, -0.15) is 0 Å². The lowest BCUT2D eigenvalue weighted by Crippen LogP contribution is -2.36. The molecule has 4 bridgehead atoms. The van der Waals surface area contributed by atoms with Crippen LogP contribution >= 0.6 is 0 Å². The Kier molecular flexibility index (Phi) is 2.81. The van der Waals surface area contributed by atoms with Gasteiger partial charge >= 0.3 is 5.97 Å². The molecule has 3 saturated carbocycles. The van der Waals surface area contributed by atoms with E-state index in [-0.39, 0.29) is 12.1 Å². The Hall–Kier alpha value is -2.09. The molecule has 7 atom stereocenters. The van der Waals surface area contributed by atoms with Crippen molar-refractivity contribution in [2.75, 3.05) is 0 Å². The molecule has 0 aliphatic heterocycles. The maximum absolute atomic E-state index is 12.7. The summed E-state index contributed by atoms with van der Waals surface area (Å²) in [5.74, 6) is 4.48. The zero-order valence-corrected chi connectivity index (χ0v) is 14.2. The summed E-state index contributed by atoms with van der Waals surface area (Å²) < 4.78 is 6.03. The molecule has 2 heteroatoms. The molecule has 0 amide bonds. The van der Waals surface area contributed by atoms with Gasteiger partial charge in [0.05, 0.1) is 5.56 Å². The van der Waals surface area contributed by atoms with Gasteiger partial charge in [-0.1, -0.05) is 42.5 Å². The van der Waals surface area contributed by atoms with Crippen LogP contribution in [0.5, 0.6) is 0 Å². The fourth-order valence-electron chi connectivity index (χ4n) is 6.61. The molecule has 3 fully saturated rings. The molecular weight excluding hydrogens is 308 g/mol. The van der Waals surface area contributed by atoms with Gasteiger partial charge in [-0.15, -0.1) is 0 Å². The van der Waals surface area contributed by atoms with Crippen LogP contribution in [0.2, 0.25) is 0 Å². The Bertz CT molecular complexity index is 898. The summed E-state index contributed by atoms with van der Waals surface area (Å²) in [7, 11) is 0. The Morgan fingerprint density at radius 3 is 2.56 bits per heavy atom. The third kappa shape index (κ3) is 1.94. The van der Waals surface area contributed by atoms with Crippen LogP contribution in [0.25, 0.3) is 10.8 Å². The molecule has 2 nitrogen and oxygen atoms in total. The number of carbonyl (C=O) groups is 1. The predicted octanol–water partition coefficient (Wildman–Crippen LogP) is 4.84. The van der Waals surface area contributed by atoms with E-state index in [4.69, 9.17) is 4.74 Å². The van der Waals surface area contributed by atoms with Crippen LogP contribution in [0.3, 0.4) is 0 Å². The molecule has 0 spiro atoms. The fraction of sp³-hybridized carbons (Fsp3) is 0.435. The number of benzene rings is 2. The fourth-order valence-corrected chi connectivity index (χ4v) is 6.61. The van der Waals surface area contributed by atoms with Crippen molar-refractivity contribution in [1.29, 1.82) is 0 Å². The number of carbonyl (C=O) groups excluding carboxylic acids is 1. The maximum atomic E-state index is 12.7. The number of hydrogen-bond acceptors (Lipinski definition) is 2. The van der Waals surface area contributed by atoms with Crippen molar-refractivity contribution < 1.29 is 9.53 Å². The number of hydrogen-bond donors (Lipinski definition) is 0. The van der Waals surface area contributed by atoms with E-state index in [9.17, 15) is 4.79 Å². The van der Waals surface area contributed by atoms with E-state index in [0.29, 0.717) is 11.5 Å². The highest BCUT2D eigenvalue weighted by Crippen LogP contribution is 2.65. The van der Waals surface area contributed by atoms with Crippen molar-refractivity contribution in [3.05, 3.63) is 60.2 Å². The summed E-state index contributed by atoms with van der Waals surface area (Å²) in [5, 5.41) is 2.26. The lowest BCUT2D eigenvalue weighted by atomic mass is 9.72.